The molecule has 0 N–H and O–H groups in total. The lowest BCUT2D eigenvalue weighted by molar-refractivity contribution is -0.264. The van der Waals surface area contributed by atoms with Gasteiger partial charge in [-0.15, -0.1) is 11.6 Å². The lowest BCUT2D eigenvalue weighted by Gasteiger charge is -2.34. The molecule has 22 heavy (non-hydrogen) atoms. The van der Waals surface area contributed by atoms with Crippen molar-refractivity contribution in [2.24, 2.45) is 11.1 Å². The highest BCUT2D eigenvalue weighted by molar-refractivity contribution is 6.20. The molecule has 2 nitrogen and oxygen atoms in total. The first kappa shape index (κ1) is 18.8. The van der Waals surface area contributed by atoms with Crippen LogP contribution >= 0.6 is 11.6 Å². The van der Waals surface area contributed by atoms with Gasteiger partial charge >= 0.3 is 6.18 Å². The van der Waals surface area contributed by atoms with Gasteiger partial charge in [-0.05, 0) is 37.8 Å². The minimum atomic E-state index is -4.61. The van der Waals surface area contributed by atoms with Crippen LogP contribution in [0.1, 0.15) is 33.1 Å². The summed E-state index contributed by atoms with van der Waals surface area (Å²) in [6.07, 6.45) is 0.274. The molecule has 0 amide bonds. The van der Waals surface area contributed by atoms with Gasteiger partial charge in [0.1, 0.15) is 0 Å². The van der Waals surface area contributed by atoms with Crippen molar-refractivity contribution < 1.29 is 18.0 Å². The van der Waals surface area contributed by atoms with Crippen LogP contribution in [0.15, 0.2) is 41.6 Å². The SMILES string of the molecule is C=C(/C=C\C)C1C=NOC(C(=C)CC(C)Cl)(C(F)(F)F)CC1. The van der Waals surface area contributed by atoms with E-state index in [2.05, 4.69) is 18.3 Å². The van der Waals surface area contributed by atoms with Gasteiger partial charge in [-0.3, -0.25) is 0 Å². The minimum absolute atomic E-state index is 0.0110. The summed E-state index contributed by atoms with van der Waals surface area (Å²) in [4.78, 5) is 4.90. The van der Waals surface area contributed by atoms with Gasteiger partial charge in [0.05, 0.1) is 6.21 Å². The van der Waals surface area contributed by atoms with E-state index in [0.29, 0.717) is 5.57 Å². The van der Waals surface area contributed by atoms with E-state index in [9.17, 15) is 13.2 Å². The number of allylic oxidation sites excluding steroid dienone is 3. The number of halogens is 4. The molecule has 1 rings (SSSR count). The highest BCUT2D eigenvalue weighted by Gasteiger charge is 2.60. The Labute approximate surface area is 134 Å². The highest BCUT2D eigenvalue weighted by atomic mass is 35.5. The van der Waals surface area contributed by atoms with Gasteiger partial charge in [-0.1, -0.05) is 30.5 Å². The average molecular weight is 336 g/mol. The Morgan fingerprint density at radius 3 is 2.68 bits per heavy atom. The summed E-state index contributed by atoms with van der Waals surface area (Å²) < 4.78 is 40.8. The van der Waals surface area contributed by atoms with Crippen molar-refractivity contribution >= 4 is 17.8 Å². The van der Waals surface area contributed by atoms with E-state index in [1.54, 1.807) is 19.1 Å². The number of rotatable bonds is 5. The van der Waals surface area contributed by atoms with Crippen LogP contribution in [0.5, 0.6) is 0 Å². The molecule has 0 saturated carbocycles. The van der Waals surface area contributed by atoms with Gasteiger partial charge in [0.15, 0.2) is 0 Å². The number of hydrogen-bond acceptors (Lipinski definition) is 2. The Bertz CT molecular complexity index is 482. The highest BCUT2D eigenvalue weighted by Crippen LogP contribution is 2.46. The van der Waals surface area contributed by atoms with Gasteiger partial charge < -0.3 is 4.84 Å². The first-order valence-corrected chi connectivity index (χ1v) is 7.50. The molecule has 0 aliphatic carbocycles. The van der Waals surface area contributed by atoms with Crippen molar-refractivity contribution in [2.75, 3.05) is 0 Å². The van der Waals surface area contributed by atoms with E-state index in [4.69, 9.17) is 16.4 Å². The monoisotopic (exact) mass is 335 g/mol. The van der Waals surface area contributed by atoms with Gasteiger partial charge in [0.25, 0.3) is 5.60 Å². The van der Waals surface area contributed by atoms with Gasteiger partial charge in [0, 0.05) is 17.7 Å². The number of alkyl halides is 4. The molecule has 1 aliphatic heterocycles. The van der Waals surface area contributed by atoms with E-state index in [1.165, 1.54) is 6.21 Å². The number of oxime groups is 1. The molecule has 0 radical (unpaired) electrons. The first-order valence-electron chi connectivity index (χ1n) is 7.06. The molecular formula is C16H21ClF3NO. The van der Waals surface area contributed by atoms with Crippen molar-refractivity contribution in [3.8, 4) is 0 Å². The summed E-state index contributed by atoms with van der Waals surface area (Å²) >= 11 is 5.82. The molecule has 3 unspecified atom stereocenters. The second-order valence-corrected chi connectivity index (χ2v) is 6.22. The maximum absolute atomic E-state index is 13.6. The Hall–Kier alpha value is -1.23. The summed E-state index contributed by atoms with van der Waals surface area (Å²) in [5.41, 5.74) is -1.89. The number of nitrogens with zero attached hydrogens (tertiary/aromatic N) is 1. The topological polar surface area (TPSA) is 21.6 Å². The lowest BCUT2D eigenvalue weighted by Crippen LogP contribution is -2.48. The molecule has 0 aromatic heterocycles. The predicted octanol–water partition coefficient (Wildman–Crippen LogP) is 5.41. The van der Waals surface area contributed by atoms with E-state index < -0.39 is 17.2 Å². The maximum Gasteiger partial charge on any atom is 0.435 e. The zero-order chi connectivity index (χ0) is 17.0. The van der Waals surface area contributed by atoms with Crippen LogP contribution in [-0.4, -0.2) is 23.4 Å². The molecule has 1 aliphatic rings. The molecule has 124 valence electrons. The Morgan fingerprint density at radius 1 is 1.55 bits per heavy atom. The fraction of sp³-hybridized carbons (Fsp3) is 0.562. The summed E-state index contributed by atoms with van der Waals surface area (Å²) in [6.45, 7) is 10.9. The molecule has 6 heteroatoms. The quantitative estimate of drug-likeness (QED) is 0.374. The van der Waals surface area contributed by atoms with E-state index in [0.717, 1.165) is 0 Å². The Balaban J connectivity index is 3.05. The Morgan fingerprint density at radius 2 is 2.18 bits per heavy atom. The van der Waals surface area contributed by atoms with Crippen LogP contribution in [0.2, 0.25) is 0 Å². The van der Waals surface area contributed by atoms with Crippen molar-refractivity contribution in [3.63, 3.8) is 0 Å². The van der Waals surface area contributed by atoms with Crippen LogP contribution in [-0.2, 0) is 4.84 Å². The van der Waals surface area contributed by atoms with Gasteiger partial charge in [-0.25, -0.2) is 0 Å². The molecule has 0 aromatic rings. The molecule has 0 saturated heterocycles. The third-order valence-corrected chi connectivity index (χ3v) is 3.82. The second kappa shape index (κ2) is 7.36. The summed E-state index contributed by atoms with van der Waals surface area (Å²) in [5.74, 6) is -0.290. The zero-order valence-corrected chi connectivity index (χ0v) is 13.5. The molecular weight excluding hydrogens is 315 g/mol. The third-order valence-electron chi connectivity index (χ3n) is 3.67. The standard InChI is InChI=1S/C16H21ClF3NO/c1-5-6-11(2)14-7-8-15(16(18,19)20,22-21-10-14)12(3)9-13(4)17/h5-6,10,13-14H,2-3,7-9H2,1,4H3/b6-5-. The largest absolute Gasteiger partial charge is 0.435 e. The van der Waals surface area contributed by atoms with Crippen molar-refractivity contribution in [2.45, 2.75) is 50.3 Å². The summed E-state index contributed by atoms with van der Waals surface area (Å²) in [5, 5.41) is 3.10. The molecule has 3 atom stereocenters. The molecule has 0 spiro atoms. The van der Waals surface area contributed by atoms with Crippen molar-refractivity contribution in [1.29, 1.82) is 0 Å². The van der Waals surface area contributed by atoms with Crippen molar-refractivity contribution in [3.05, 3.63) is 36.5 Å². The summed E-state index contributed by atoms with van der Waals surface area (Å²) in [7, 11) is 0. The third kappa shape index (κ3) is 4.15. The fourth-order valence-electron chi connectivity index (χ4n) is 2.43. The minimum Gasteiger partial charge on any atom is -0.375 e. The van der Waals surface area contributed by atoms with Crippen LogP contribution < -0.4 is 0 Å². The lowest BCUT2D eigenvalue weighted by atomic mass is 9.83. The first-order chi connectivity index (χ1) is 10.1. The fourth-order valence-corrected chi connectivity index (χ4v) is 2.62. The molecule has 0 fully saturated rings. The number of hydrogen-bond donors (Lipinski definition) is 0. The van der Waals surface area contributed by atoms with Crippen LogP contribution in [0.4, 0.5) is 13.2 Å². The maximum atomic E-state index is 13.6. The average Bonchev–Trinajstić information content (AvgIpc) is 2.60. The van der Waals surface area contributed by atoms with E-state index in [-0.39, 0.29) is 30.8 Å². The Kier molecular flexibility index (Phi) is 6.29. The van der Waals surface area contributed by atoms with Crippen LogP contribution in [0, 0.1) is 5.92 Å². The van der Waals surface area contributed by atoms with Crippen molar-refractivity contribution in [1.82, 2.24) is 0 Å². The zero-order valence-electron chi connectivity index (χ0n) is 12.8. The molecule has 1 heterocycles. The van der Waals surface area contributed by atoms with Crippen LogP contribution in [0.25, 0.3) is 0 Å². The van der Waals surface area contributed by atoms with Gasteiger partial charge in [-0.2, -0.15) is 13.2 Å². The van der Waals surface area contributed by atoms with Crippen LogP contribution in [0.3, 0.4) is 0 Å². The molecule has 0 aromatic carbocycles. The molecule has 0 bridgehead atoms. The normalized spacial score (nSPS) is 27.3. The smallest absolute Gasteiger partial charge is 0.375 e. The van der Waals surface area contributed by atoms with E-state index in [1.807, 2.05) is 6.92 Å². The second-order valence-electron chi connectivity index (χ2n) is 5.48. The predicted molar refractivity (Wildman–Crippen MR) is 84.1 cm³/mol. The van der Waals surface area contributed by atoms with Gasteiger partial charge in [0.2, 0.25) is 0 Å². The summed E-state index contributed by atoms with van der Waals surface area (Å²) in [6, 6.07) is 0. The van der Waals surface area contributed by atoms with E-state index >= 15 is 0 Å².